The van der Waals surface area contributed by atoms with E-state index in [-0.39, 0.29) is 5.82 Å². The number of aryl methyl sites for hydroxylation is 1. The third kappa shape index (κ3) is 4.37. The van der Waals surface area contributed by atoms with Crippen molar-refractivity contribution in [3.63, 3.8) is 0 Å². The van der Waals surface area contributed by atoms with Gasteiger partial charge in [0.25, 0.3) is 0 Å². The molecule has 0 unspecified atom stereocenters. The lowest BCUT2D eigenvalue weighted by molar-refractivity contribution is 0.306. The van der Waals surface area contributed by atoms with Crippen LogP contribution in [0.1, 0.15) is 16.8 Å². The van der Waals surface area contributed by atoms with Crippen LogP contribution in [-0.4, -0.2) is 4.98 Å². The monoisotopic (exact) mass is 519 g/mol. The topological polar surface area (TPSA) is 71.9 Å². The van der Waals surface area contributed by atoms with Gasteiger partial charge in [-0.05, 0) is 62.4 Å². The van der Waals surface area contributed by atoms with Gasteiger partial charge in [-0.2, -0.15) is 5.26 Å². The zero-order valence-electron chi connectivity index (χ0n) is 19.1. The van der Waals surface area contributed by atoms with Crippen LogP contribution in [0.2, 0.25) is 0 Å². The summed E-state index contributed by atoms with van der Waals surface area (Å²) >= 11 is 3.68. The van der Waals surface area contributed by atoms with Gasteiger partial charge in [0.15, 0.2) is 0 Å². The maximum Gasteiger partial charge on any atom is 0.142 e. The molecule has 0 saturated heterocycles. The summed E-state index contributed by atoms with van der Waals surface area (Å²) in [7, 11) is 0. The first-order valence-corrected chi connectivity index (χ1v) is 12.0. The minimum Gasteiger partial charge on any atom is -0.488 e. The predicted octanol–water partition coefficient (Wildman–Crippen LogP) is 7.67. The summed E-state index contributed by atoms with van der Waals surface area (Å²) in [6, 6.07) is 32.6. The lowest BCUT2D eigenvalue weighted by Gasteiger charge is -2.17. The number of fused-ring (bicyclic) bond motifs is 1. The molecule has 0 amide bonds. The molecule has 1 aromatic heterocycles. The fourth-order valence-electron chi connectivity index (χ4n) is 4.43. The summed E-state index contributed by atoms with van der Waals surface area (Å²) in [6.45, 7) is 2.36. The van der Waals surface area contributed by atoms with E-state index in [9.17, 15) is 5.26 Å². The molecule has 4 nitrogen and oxygen atoms in total. The number of nitrogens with zero attached hydrogens (tertiary/aromatic N) is 2. The number of nitrogen functional groups attached to an aromatic ring is 1. The third-order valence-electron chi connectivity index (χ3n) is 6.06. The van der Waals surface area contributed by atoms with Crippen LogP contribution >= 0.6 is 15.9 Å². The van der Waals surface area contributed by atoms with Gasteiger partial charge in [-0.3, -0.25) is 0 Å². The van der Waals surface area contributed by atoms with Crippen molar-refractivity contribution in [2.24, 2.45) is 0 Å². The van der Waals surface area contributed by atoms with E-state index < -0.39 is 0 Å². The van der Waals surface area contributed by atoms with Gasteiger partial charge < -0.3 is 10.5 Å². The van der Waals surface area contributed by atoms with E-state index in [2.05, 4.69) is 51.2 Å². The molecule has 0 saturated carbocycles. The molecule has 0 aliphatic carbocycles. The van der Waals surface area contributed by atoms with Crippen LogP contribution in [0.15, 0.2) is 95.5 Å². The number of halogens is 1. The first kappa shape index (κ1) is 22.6. The van der Waals surface area contributed by atoms with E-state index in [4.69, 9.17) is 10.5 Å². The summed E-state index contributed by atoms with van der Waals surface area (Å²) in [5, 5.41) is 12.3. The molecule has 0 fully saturated rings. The standard InChI is InChI=1S/C30H22BrN3O/c1-19-28(21-9-3-2-4-10-21)29(25(17-32)30(33)34-19)22-14-15-27(26(31)16-22)35-18-23-12-7-11-20-8-5-6-13-24(20)23/h2-16H,18H2,1H3,(H2,33,34). The van der Waals surface area contributed by atoms with Crippen molar-refractivity contribution in [1.29, 1.82) is 5.26 Å². The summed E-state index contributed by atoms with van der Waals surface area (Å²) < 4.78 is 6.99. The first-order chi connectivity index (χ1) is 17.1. The van der Waals surface area contributed by atoms with Crippen LogP contribution in [0.3, 0.4) is 0 Å². The number of anilines is 1. The molecule has 1 heterocycles. The van der Waals surface area contributed by atoms with Gasteiger partial charge in [0.2, 0.25) is 0 Å². The number of aromatic nitrogens is 1. The number of ether oxygens (including phenoxy) is 1. The Balaban J connectivity index is 1.54. The molecule has 5 aromatic rings. The van der Waals surface area contributed by atoms with Crippen molar-refractivity contribution in [2.45, 2.75) is 13.5 Å². The van der Waals surface area contributed by atoms with Crippen molar-refractivity contribution < 1.29 is 4.74 Å². The minimum absolute atomic E-state index is 0.229. The van der Waals surface area contributed by atoms with Crippen LogP contribution in [0.4, 0.5) is 5.82 Å². The molecule has 170 valence electrons. The molecule has 2 N–H and O–H groups in total. The molecular weight excluding hydrogens is 498 g/mol. The highest BCUT2D eigenvalue weighted by atomic mass is 79.9. The van der Waals surface area contributed by atoms with E-state index >= 15 is 0 Å². The lowest BCUT2D eigenvalue weighted by Crippen LogP contribution is -2.03. The number of pyridine rings is 1. The van der Waals surface area contributed by atoms with Crippen LogP contribution in [-0.2, 0) is 6.61 Å². The Labute approximate surface area is 212 Å². The molecule has 4 aromatic carbocycles. The molecule has 35 heavy (non-hydrogen) atoms. The number of nitriles is 1. The summed E-state index contributed by atoms with van der Waals surface area (Å²) in [5.41, 5.74) is 11.9. The van der Waals surface area contributed by atoms with Gasteiger partial charge in [-0.15, -0.1) is 0 Å². The van der Waals surface area contributed by atoms with Crippen LogP contribution in [0.25, 0.3) is 33.0 Å². The minimum atomic E-state index is 0.229. The fourth-order valence-corrected chi connectivity index (χ4v) is 4.93. The molecule has 0 aliphatic rings. The number of nitrogens with two attached hydrogens (primary N) is 1. The fraction of sp³-hybridized carbons (Fsp3) is 0.0667. The molecule has 0 atom stereocenters. The van der Waals surface area contributed by atoms with Gasteiger partial charge in [0, 0.05) is 16.8 Å². The van der Waals surface area contributed by atoms with Gasteiger partial charge in [-0.1, -0.05) is 78.9 Å². The Morgan fingerprint density at radius 1 is 0.886 bits per heavy atom. The van der Waals surface area contributed by atoms with Crippen molar-refractivity contribution in [1.82, 2.24) is 4.98 Å². The summed E-state index contributed by atoms with van der Waals surface area (Å²) in [6.07, 6.45) is 0. The second-order valence-corrected chi connectivity index (χ2v) is 9.11. The normalized spacial score (nSPS) is 10.8. The largest absolute Gasteiger partial charge is 0.488 e. The number of rotatable bonds is 5. The molecule has 5 heteroatoms. The number of benzene rings is 4. The Kier molecular flexibility index (Phi) is 6.22. The Hall–Kier alpha value is -4.14. The SMILES string of the molecule is Cc1nc(N)c(C#N)c(-c2ccc(OCc3cccc4ccccc34)c(Br)c2)c1-c1ccccc1. The van der Waals surface area contributed by atoms with Crippen molar-refractivity contribution in [2.75, 3.05) is 5.73 Å². The predicted molar refractivity (Wildman–Crippen MR) is 145 cm³/mol. The maximum absolute atomic E-state index is 9.94. The highest BCUT2D eigenvalue weighted by Gasteiger charge is 2.20. The number of hydrogen-bond acceptors (Lipinski definition) is 4. The van der Waals surface area contributed by atoms with Crippen molar-refractivity contribution >= 4 is 32.5 Å². The zero-order valence-corrected chi connectivity index (χ0v) is 20.7. The highest BCUT2D eigenvalue weighted by molar-refractivity contribution is 9.10. The van der Waals surface area contributed by atoms with E-state index in [1.807, 2.05) is 73.7 Å². The Morgan fingerprint density at radius 2 is 1.63 bits per heavy atom. The van der Waals surface area contributed by atoms with Crippen LogP contribution in [0, 0.1) is 18.3 Å². The van der Waals surface area contributed by atoms with E-state index in [0.29, 0.717) is 12.2 Å². The van der Waals surface area contributed by atoms with Gasteiger partial charge in [0.05, 0.1) is 4.47 Å². The molecule has 0 spiro atoms. The van der Waals surface area contributed by atoms with Gasteiger partial charge in [-0.25, -0.2) is 4.98 Å². The average molecular weight is 520 g/mol. The van der Waals surface area contributed by atoms with E-state index in [1.165, 1.54) is 10.8 Å². The van der Waals surface area contributed by atoms with Gasteiger partial charge >= 0.3 is 0 Å². The van der Waals surface area contributed by atoms with Gasteiger partial charge in [0.1, 0.15) is 29.8 Å². The average Bonchev–Trinajstić information content (AvgIpc) is 2.88. The second kappa shape index (κ2) is 9.61. The Bertz CT molecular complexity index is 1580. The second-order valence-electron chi connectivity index (χ2n) is 8.26. The summed E-state index contributed by atoms with van der Waals surface area (Å²) in [5.74, 6) is 0.951. The first-order valence-electron chi connectivity index (χ1n) is 11.2. The lowest BCUT2D eigenvalue weighted by atomic mass is 9.90. The molecule has 0 bridgehead atoms. The van der Waals surface area contributed by atoms with Crippen LogP contribution in [0.5, 0.6) is 5.75 Å². The third-order valence-corrected chi connectivity index (χ3v) is 6.68. The number of hydrogen-bond donors (Lipinski definition) is 1. The highest BCUT2D eigenvalue weighted by Crippen LogP contribution is 2.41. The quantitative estimate of drug-likeness (QED) is 0.258. The van der Waals surface area contributed by atoms with Crippen LogP contribution < -0.4 is 10.5 Å². The molecule has 0 radical (unpaired) electrons. The molecular formula is C30H22BrN3O. The smallest absolute Gasteiger partial charge is 0.142 e. The molecule has 5 rings (SSSR count). The maximum atomic E-state index is 9.94. The zero-order chi connectivity index (χ0) is 24.4. The summed E-state index contributed by atoms with van der Waals surface area (Å²) in [4.78, 5) is 4.45. The van der Waals surface area contributed by atoms with E-state index in [1.54, 1.807) is 0 Å². The van der Waals surface area contributed by atoms with Crippen molar-refractivity contribution in [3.05, 3.63) is 112 Å². The molecule has 0 aliphatic heterocycles. The van der Waals surface area contributed by atoms with E-state index in [0.717, 1.165) is 43.7 Å². The Morgan fingerprint density at radius 3 is 2.40 bits per heavy atom. The van der Waals surface area contributed by atoms with Crippen molar-refractivity contribution in [3.8, 4) is 34.1 Å².